The third kappa shape index (κ3) is 19.7. The Morgan fingerprint density at radius 2 is 0.722 bits per heavy atom. The molecule has 0 aromatic heterocycles. The van der Waals surface area contributed by atoms with E-state index in [2.05, 4.69) is 12.1 Å². The Hall–Kier alpha value is -3.58. The van der Waals surface area contributed by atoms with Crippen LogP contribution in [-0.2, 0) is 63.8 Å². The lowest BCUT2D eigenvalue weighted by Gasteiger charge is -2.18. The normalized spacial score (nSPS) is 11.7. The van der Waals surface area contributed by atoms with E-state index >= 15 is 0 Å². The maximum absolute atomic E-state index is 12.3. The van der Waals surface area contributed by atoms with Crippen LogP contribution in [0.15, 0.2) is 72.8 Å². The number of hydrogen-bond donors (Lipinski definition) is 0. The highest BCUT2D eigenvalue weighted by atomic mass is 32.2. The highest BCUT2D eigenvalue weighted by molar-refractivity contribution is 7.86. The summed E-state index contributed by atoms with van der Waals surface area (Å²) in [5.41, 5.74) is 6.30. The van der Waals surface area contributed by atoms with Crippen LogP contribution in [0.3, 0.4) is 0 Å². The number of aryl methyl sites for hydroxylation is 4. The molecule has 0 saturated heterocycles. The second kappa shape index (κ2) is 24.8. The van der Waals surface area contributed by atoms with Gasteiger partial charge in [-0.2, -0.15) is 16.8 Å². The Bertz CT molecular complexity index is 1630. The Balaban J connectivity index is 1.63. The molecule has 0 amide bonds. The highest BCUT2D eigenvalue weighted by Gasteiger charge is 2.13. The van der Waals surface area contributed by atoms with Gasteiger partial charge in [-0.25, -0.2) is 9.59 Å². The summed E-state index contributed by atoms with van der Waals surface area (Å²) >= 11 is 0. The molecule has 0 N–H and O–H groups in total. The largest absolute Gasteiger partial charge is 0.462 e. The monoisotopic (exact) mass is 786 g/mol. The first-order valence-corrected chi connectivity index (χ1v) is 22.8. The number of hydrogen-bond acceptors (Lipinski definition) is 10. The standard InChI is InChI=1S/C42H58O10S2/c1-53(45,46)51-31-19-7-15-27-39-33-37(25-13-5-17-29-49-41(43)35-21-9-3-10-22-35)38(34-40(39)28-16-8-20-32-52-54(2,47)48)26-14-6-18-30-50-42(44)36-23-11-4-12-24-36/h3-4,9-12,21-24,33-34H,5-8,13-20,25-32H2,1-2H3. The number of rotatable bonds is 28. The Kier molecular flexibility index (Phi) is 20.5. The van der Waals surface area contributed by atoms with E-state index in [1.165, 1.54) is 22.3 Å². The summed E-state index contributed by atoms with van der Waals surface area (Å²) < 4.78 is 66.2. The number of benzene rings is 3. The molecule has 0 radical (unpaired) electrons. The lowest BCUT2D eigenvalue weighted by Crippen LogP contribution is -2.07. The molecule has 54 heavy (non-hydrogen) atoms. The summed E-state index contributed by atoms with van der Waals surface area (Å²) in [4.78, 5) is 24.6. The molecular formula is C42H58O10S2. The van der Waals surface area contributed by atoms with E-state index in [1.54, 1.807) is 24.3 Å². The van der Waals surface area contributed by atoms with Crippen molar-refractivity contribution in [3.63, 3.8) is 0 Å². The van der Waals surface area contributed by atoms with Crippen LogP contribution in [0.1, 0.15) is 120 Å². The lowest BCUT2D eigenvalue weighted by molar-refractivity contribution is 0.0488. The molecule has 0 unspecified atom stereocenters. The molecule has 3 aromatic rings. The van der Waals surface area contributed by atoms with E-state index in [-0.39, 0.29) is 25.2 Å². The van der Waals surface area contributed by atoms with Crippen molar-refractivity contribution >= 4 is 32.2 Å². The summed E-state index contributed by atoms with van der Waals surface area (Å²) in [6, 6.07) is 22.7. The Morgan fingerprint density at radius 3 is 1.02 bits per heavy atom. The van der Waals surface area contributed by atoms with Crippen molar-refractivity contribution in [3.8, 4) is 0 Å². The van der Waals surface area contributed by atoms with Crippen LogP contribution < -0.4 is 0 Å². The Morgan fingerprint density at radius 1 is 0.426 bits per heavy atom. The number of carbonyl (C=O) groups excluding carboxylic acids is 2. The van der Waals surface area contributed by atoms with Gasteiger partial charge in [0.05, 0.1) is 50.1 Å². The van der Waals surface area contributed by atoms with Gasteiger partial charge in [-0.3, -0.25) is 8.37 Å². The van der Waals surface area contributed by atoms with Gasteiger partial charge >= 0.3 is 11.9 Å². The van der Waals surface area contributed by atoms with E-state index in [4.69, 9.17) is 17.8 Å². The zero-order valence-electron chi connectivity index (χ0n) is 32.0. The molecule has 0 spiro atoms. The molecule has 0 aliphatic carbocycles. The van der Waals surface area contributed by atoms with Crippen LogP contribution in [0, 0.1) is 0 Å². The van der Waals surface area contributed by atoms with Crippen LogP contribution >= 0.6 is 0 Å². The summed E-state index contributed by atoms with van der Waals surface area (Å²) in [6.45, 7) is 1.10. The molecule has 0 fully saturated rings. The summed E-state index contributed by atoms with van der Waals surface area (Å²) in [7, 11) is -6.91. The van der Waals surface area contributed by atoms with Crippen molar-refractivity contribution in [2.75, 3.05) is 38.9 Å². The predicted molar refractivity (Wildman–Crippen MR) is 212 cm³/mol. The molecule has 0 saturated carbocycles. The van der Waals surface area contributed by atoms with Crippen molar-refractivity contribution < 1.29 is 44.3 Å². The molecule has 0 aliphatic heterocycles. The summed E-state index contributed by atoms with van der Waals surface area (Å²) in [5.74, 6) is -0.613. The average Bonchev–Trinajstić information content (AvgIpc) is 3.14. The second-order valence-electron chi connectivity index (χ2n) is 13.7. The van der Waals surface area contributed by atoms with Crippen LogP contribution in [0.5, 0.6) is 0 Å². The smallest absolute Gasteiger partial charge is 0.338 e. The molecule has 3 rings (SSSR count). The molecule has 0 atom stereocenters. The lowest BCUT2D eigenvalue weighted by atomic mass is 9.88. The molecule has 298 valence electrons. The van der Waals surface area contributed by atoms with Crippen LogP contribution in [-0.4, -0.2) is 67.7 Å². The van der Waals surface area contributed by atoms with E-state index in [0.717, 1.165) is 102 Å². The third-order valence-electron chi connectivity index (χ3n) is 8.96. The quantitative estimate of drug-likeness (QED) is 0.0402. The number of ether oxygens (including phenoxy) is 2. The van der Waals surface area contributed by atoms with Gasteiger partial charge in [0.15, 0.2) is 0 Å². The first-order valence-electron chi connectivity index (χ1n) is 19.2. The topological polar surface area (TPSA) is 139 Å². The molecule has 0 heterocycles. The van der Waals surface area contributed by atoms with E-state index in [0.29, 0.717) is 37.2 Å². The van der Waals surface area contributed by atoms with Gasteiger partial charge in [0.1, 0.15) is 0 Å². The van der Waals surface area contributed by atoms with Crippen LogP contribution in [0.25, 0.3) is 0 Å². The molecule has 0 bridgehead atoms. The number of unbranched alkanes of at least 4 members (excludes halogenated alkanes) is 8. The van der Waals surface area contributed by atoms with Gasteiger partial charge in [-0.05, 0) is 136 Å². The predicted octanol–water partition coefficient (Wildman–Crippen LogP) is 8.20. The fraction of sp³-hybridized carbons (Fsp3) is 0.524. The van der Waals surface area contributed by atoms with Gasteiger partial charge in [0, 0.05) is 0 Å². The van der Waals surface area contributed by atoms with Crippen molar-refractivity contribution in [2.24, 2.45) is 0 Å². The molecule has 3 aromatic carbocycles. The molecule has 12 heteroatoms. The van der Waals surface area contributed by atoms with Gasteiger partial charge in [-0.15, -0.1) is 0 Å². The third-order valence-corrected chi connectivity index (χ3v) is 10.2. The van der Waals surface area contributed by atoms with Crippen molar-refractivity contribution in [2.45, 2.75) is 103 Å². The Labute approximate surface area is 323 Å². The second-order valence-corrected chi connectivity index (χ2v) is 17.0. The van der Waals surface area contributed by atoms with Gasteiger partial charge in [0.25, 0.3) is 20.2 Å². The number of esters is 2. The zero-order chi connectivity index (χ0) is 39.1. The molecular weight excluding hydrogens is 729 g/mol. The van der Waals surface area contributed by atoms with Crippen molar-refractivity contribution in [3.05, 3.63) is 106 Å². The van der Waals surface area contributed by atoms with E-state index < -0.39 is 20.2 Å². The van der Waals surface area contributed by atoms with Crippen LogP contribution in [0.2, 0.25) is 0 Å². The maximum Gasteiger partial charge on any atom is 0.338 e. The van der Waals surface area contributed by atoms with Gasteiger partial charge in [0.2, 0.25) is 0 Å². The molecule has 10 nitrogen and oxygen atoms in total. The first-order chi connectivity index (χ1) is 25.9. The molecule has 0 aliphatic rings. The fourth-order valence-corrected chi connectivity index (χ4v) is 7.01. The highest BCUT2D eigenvalue weighted by Crippen LogP contribution is 2.25. The number of carbonyl (C=O) groups is 2. The zero-order valence-corrected chi connectivity index (χ0v) is 33.6. The van der Waals surface area contributed by atoms with E-state index in [1.807, 2.05) is 36.4 Å². The maximum atomic E-state index is 12.3. The fourth-order valence-electron chi connectivity index (χ4n) is 6.16. The van der Waals surface area contributed by atoms with E-state index in [9.17, 15) is 26.4 Å². The van der Waals surface area contributed by atoms with Gasteiger partial charge < -0.3 is 9.47 Å². The first kappa shape index (κ1) is 44.8. The van der Waals surface area contributed by atoms with Crippen molar-refractivity contribution in [1.29, 1.82) is 0 Å². The SMILES string of the molecule is CS(=O)(=O)OCCCCCc1cc(CCCCCOC(=O)c2ccccc2)c(CCCCCOC(=O)c2ccccc2)cc1CCCCCOS(C)(=O)=O. The van der Waals surface area contributed by atoms with Crippen molar-refractivity contribution in [1.82, 2.24) is 0 Å². The van der Waals surface area contributed by atoms with Crippen LogP contribution in [0.4, 0.5) is 0 Å². The minimum absolute atomic E-state index is 0.178. The summed E-state index contributed by atoms with van der Waals surface area (Å²) in [6.07, 6.45) is 15.7. The minimum atomic E-state index is -3.46. The average molecular weight is 787 g/mol. The summed E-state index contributed by atoms with van der Waals surface area (Å²) in [5, 5.41) is 0. The van der Waals surface area contributed by atoms with Gasteiger partial charge in [-0.1, -0.05) is 61.4 Å². The minimum Gasteiger partial charge on any atom is -0.462 e.